The second-order valence-corrected chi connectivity index (χ2v) is 3.60. The zero-order valence-electron chi connectivity index (χ0n) is 9.11. The number of nitrogens with one attached hydrogen (secondary N) is 1. The number of halogens is 1. The quantitative estimate of drug-likeness (QED) is 0.800. The molecule has 0 atom stereocenters. The van der Waals surface area contributed by atoms with E-state index in [-0.39, 0.29) is 16.8 Å². The summed E-state index contributed by atoms with van der Waals surface area (Å²) in [6.07, 6.45) is 3.21. The van der Waals surface area contributed by atoms with Crippen LogP contribution in [0.2, 0.25) is 5.15 Å². The van der Waals surface area contributed by atoms with Crippen molar-refractivity contribution in [2.75, 3.05) is 6.54 Å². The SMILES string of the molecule is CC(=O)NCC=Cc1ccc(Cl)nc1C(=O)O. The van der Waals surface area contributed by atoms with Crippen molar-refractivity contribution in [1.82, 2.24) is 10.3 Å². The van der Waals surface area contributed by atoms with Crippen LogP contribution in [0.1, 0.15) is 23.0 Å². The second kappa shape index (κ2) is 6.00. The van der Waals surface area contributed by atoms with Crippen LogP contribution in [0.3, 0.4) is 0 Å². The van der Waals surface area contributed by atoms with Crippen molar-refractivity contribution in [3.63, 3.8) is 0 Å². The third-order valence-corrected chi connectivity index (χ3v) is 2.07. The predicted octanol–water partition coefficient (Wildman–Crippen LogP) is 1.58. The maximum absolute atomic E-state index is 10.9. The lowest BCUT2D eigenvalue weighted by Crippen LogP contribution is -2.19. The number of aromatic carboxylic acids is 1. The van der Waals surface area contributed by atoms with E-state index in [1.54, 1.807) is 18.2 Å². The Morgan fingerprint density at radius 1 is 1.53 bits per heavy atom. The van der Waals surface area contributed by atoms with Gasteiger partial charge in [0.1, 0.15) is 5.15 Å². The molecule has 1 aromatic rings. The van der Waals surface area contributed by atoms with Crippen molar-refractivity contribution in [1.29, 1.82) is 0 Å². The number of rotatable bonds is 4. The van der Waals surface area contributed by atoms with Gasteiger partial charge in [-0.3, -0.25) is 4.79 Å². The number of hydrogen-bond donors (Lipinski definition) is 2. The average Bonchev–Trinajstić information content (AvgIpc) is 2.25. The van der Waals surface area contributed by atoms with E-state index < -0.39 is 5.97 Å². The number of aromatic nitrogens is 1. The summed E-state index contributed by atoms with van der Waals surface area (Å²) in [7, 11) is 0. The summed E-state index contributed by atoms with van der Waals surface area (Å²) in [5.74, 6) is -1.30. The van der Waals surface area contributed by atoms with Crippen LogP contribution >= 0.6 is 11.6 Å². The fourth-order valence-corrected chi connectivity index (χ4v) is 1.29. The first-order chi connectivity index (χ1) is 8.00. The van der Waals surface area contributed by atoms with Gasteiger partial charge < -0.3 is 10.4 Å². The number of pyridine rings is 1. The first kappa shape index (κ1) is 13.2. The first-order valence-corrected chi connectivity index (χ1v) is 5.19. The standard InChI is InChI=1S/C11H11ClN2O3/c1-7(15)13-6-2-3-8-4-5-9(12)14-10(8)11(16)17/h2-5H,6H2,1H3,(H,13,15)(H,16,17). The Morgan fingerprint density at radius 3 is 2.82 bits per heavy atom. The highest BCUT2D eigenvalue weighted by Gasteiger charge is 2.10. The molecule has 0 aromatic carbocycles. The van der Waals surface area contributed by atoms with Gasteiger partial charge in [-0.05, 0) is 12.1 Å². The molecule has 0 saturated carbocycles. The van der Waals surface area contributed by atoms with Crippen LogP contribution < -0.4 is 5.32 Å². The van der Waals surface area contributed by atoms with Gasteiger partial charge in [-0.25, -0.2) is 9.78 Å². The van der Waals surface area contributed by atoms with Gasteiger partial charge in [0.25, 0.3) is 0 Å². The monoisotopic (exact) mass is 254 g/mol. The molecular formula is C11H11ClN2O3. The van der Waals surface area contributed by atoms with Crippen molar-refractivity contribution < 1.29 is 14.7 Å². The largest absolute Gasteiger partial charge is 0.476 e. The summed E-state index contributed by atoms with van der Waals surface area (Å²) in [6.45, 7) is 1.73. The molecule has 0 aliphatic carbocycles. The highest BCUT2D eigenvalue weighted by atomic mass is 35.5. The Labute approximate surface area is 103 Å². The number of carbonyl (C=O) groups is 2. The van der Waals surface area contributed by atoms with Crippen molar-refractivity contribution >= 4 is 29.6 Å². The lowest BCUT2D eigenvalue weighted by molar-refractivity contribution is -0.118. The van der Waals surface area contributed by atoms with Gasteiger partial charge in [-0.1, -0.05) is 23.8 Å². The molecule has 0 radical (unpaired) electrons. The minimum absolute atomic E-state index is 0.114. The molecule has 0 fully saturated rings. The normalized spacial score (nSPS) is 10.5. The number of nitrogens with zero attached hydrogens (tertiary/aromatic N) is 1. The zero-order chi connectivity index (χ0) is 12.8. The molecule has 2 N–H and O–H groups in total. The Kier molecular flexibility index (Phi) is 4.66. The molecule has 5 nitrogen and oxygen atoms in total. The van der Waals surface area contributed by atoms with Gasteiger partial charge in [0, 0.05) is 19.0 Å². The maximum Gasteiger partial charge on any atom is 0.355 e. The van der Waals surface area contributed by atoms with E-state index in [9.17, 15) is 9.59 Å². The van der Waals surface area contributed by atoms with Crippen LogP contribution in [0.25, 0.3) is 6.08 Å². The van der Waals surface area contributed by atoms with E-state index in [0.717, 1.165) is 0 Å². The third kappa shape index (κ3) is 4.24. The number of hydrogen-bond acceptors (Lipinski definition) is 3. The minimum Gasteiger partial charge on any atom is -0.476 e. The number of carboxylic acids is 1. The lowest BCUT2D eigenvalue weighted by atomic mass is 10.2. The van der Waals surface area contributed by atoms with Crippen LogP contribution in [0.5, 0.6) is 0 Å². The van der Waals surface area contributed by atoms with E-state index in [1.807, 2.05) is 0 Å². The van der Waals surface area contributed by atoms with E-state index in [0.29, 0.717) is 12.1 Å². The maximum atomic E-state index is 10.9. The van der Waals surface area contributed by atoms with Gasteiger partial charge >= 0.3 is 5.97 Å². The number of carbonyl (C=O) groups excluding carboxylic acids is 1. The number of carboxylic acid groups (broad SMARTS) is 1. The molecule has 0 spiro atoms. The minimum atomic E-state index is -1.15. The molecule has 1 aromatic heterocycles. The third-order valence-electron chi connectivity index (χ3n) is 1.86. The molecule has 0 saturated heterocycles. The van der Waals surface area contributed by atoms with E-state index >= 15 is 0 Å². The van der Waals surface area contributed by atoms with Crippen molar-refractivity contribution in [3.8, 4) is 0 Å². The molecule has 17 heavy (non-hydrogen) atoms. The van der Waals surface area contributed by atoms with Crippen molar-refractivity contribution in [3.05, 3.63) is 34.6 Å². The molecule has 1 heterocycles. The lowest BCUT2D eigenvalue weighted by Gasteiger charge is -2.01. The summed E-state index contributed by atoms with van der Waals surface area (Å²) < 4.78 is 0. The Hall–Kier alpha value is -1.88. The van der Waals surface area contributed by atoms with E-state index in [4.69, 9.17) is 16.7 Å². The molecular weight excluding hydrogens is 244 g/mol. The molecule has 0 bridgehead atoms. The van der Waals surface area contributed by atoms with Gasteiger partial charge in [-0.2, -0.15) is 0 Å². The van der Waals surface area contributed by atoms with E-state index in [1.165, 1.54) is 13.0 Å². The Balaban J connectivity index is 2.83. The van der Waals surface area contributed by atoms with Crippen LogP contribution in [0.4, 0.5) is 0 Å². The van der Waals surface area contributed by atoms with Crippen molar-refractivity contribution in [2.24, 2.45) is 0 Å². The molecule has 0 unspecified atom stereocenters. The van der Waals surface area contributed by atoms with Crippen molar-refractivity contribution in [2.45, 2.75) is 6.92 Å². The summed E-state index contributed by atoms with van der Waals surface area (Å²) in [6, 6.07) is 3.06. The summed E-state index contributed by atoms with van der Waals surface area (Å²) in [4.78, 5) is 25.2. The topological polar surface area (TPSA) is 79.3 Å². The fourth-order valence-electron chi connectivity index (χ4n) is 1.14. The Bertz CT molecular complexity index is 472. The molecule has 1 rings (SSSR count). The zero-order valence-corrected chi connectivity index (χ0v) is 9.86. The molecule has 90 valence electrons. The van der Waals surface area contributed by atoms with Gasteiger partial charge in [0.05, 0.1) is 0 Å². The van der Waals surface area contributed by atoms with Crippen LogP contribution in [-0.2, 0) is 4.79 Å². The molecule has 0 aliphatic rings. The molecule has 0 aliphatic heterocycles. The van der Waals surface area contributed by atoms with Crippen LogP contribution in [-0.4, -0.2) is 28.5 Å². The van der Waals surface area contributed by atoms with Gasteiger partial charge in [0.15, 0.2) is 5.69 Å². The highest BCUT2D eigenvalue weighted by molar-refractivity contribution is 6.29. The molecule has 1 amide bonds. The van der Waals surface area contributed by atoms with Crippen LogP contribution in [0.15, 0.2) is 18.2 Å². The summed E-state index contributed by atoms with van der Waals surface area (Å²) in [5, 5.41) is 11.6. The molecule has 6 heteroatoms. The van der Waals surface area contributed by atoms with Gasteiger partial charge in [0.2, 0.25) is 5.91 Å². The predicted molar refractivity (Wildman–Crippen MR) is 63.9 cm³/mol. The summed E-state index contributed by atoms with van der Waals surface area (Å²) >= 11 is 5.61. The van der Waals surface area contributed by atoms with E-state index in [2.05, 4.69) is 10.3 Å². The van der Waals surface area contributed by atoms with Gasteiger partial charge in [-0.15, -0.1) is 0 Å². The average molecular weight is 255 g/mol. The first-order valence-electron chi connectivity index (χ1n) is 4.81. The fraction of sp³-hybridized carbons (Fsp3) is 0.182. The summed E-state index contributed by atoms with van der Waals surface area (Å²) in [5.41, 5.74) is 0.323. The smallest absolute Gasteiger partial charge is 0.355 e. The van der Waals surface area contributed by atoms with Crippen LogP contribution in [0, 0.1) is 0 Å². The Morgan fingerprint density at radius 2 is 2.24 bits per heavy atom. The highest BCUT2D eigenvalue weighted by Crippen LogP contribution is 2.13. The second-order valence-electron chi connectivity index (χ2n) is 3.22. The number of amides is 1.